The summed E-state index contributed by atoms with van der Waals surface area (Å²) >= 11 is 0. The van der Waals surface area contributed by atoms with Crippen LogP contribution in [0.3, 0.4) is 0 Å². The summed E-state index contributed by atoms with van der Waals surface area (Å²) in [5.74, 6) is -1.17. The number of hydrogen-bond donors (Lipinski definition) is 3. The molecule has 0 aliphatic carbocycles. The van der Waals surface area contributed by atoms with Crippen molar-refractivity contribution >= 4 is 0 Å². The molecule has 0 aromatic carbocycles. The molecule has 94 valence electrons. The van der Waals surface area contributed by atoms with Crippen LogP contribution in [0.4, 0.5) is 4.39 Å². The van der Waals surface area contributed by atoms with E-state index in [-0.39, 0.29) is 0 Å². The lowest BCUT2D eigenvalue weighted by atomic mass is 10.1. The van der Waals surface area contributed by atoms with E-state index in [1.54, 1.807) is 4.98 Å². The van der Waals surface area contributed by atoms with E-state index in [2.05, 4.69) is 0 Å². The molecule has 1 aliphatic heterocycles. The molecule has 2 heterocycles. The molecule has 3 N–H and O–H groups in total. The lowest BCUT2D eigenvalue weighted by Gasteiger charge is -2.16. The summed E-state index contributed by atoms with van der Waals surface area (Å²) < 4.78 is 18.9. The fourth-order valence-corrected chi connectivity index (χ4v) is 1.71. The van der Waals surface area contributed by atoms with Crippen LogP contribution in [0.25, 0.3) is 0 Å². The van der Waals surface area contributed by atoms with Crippen LogP contribution in [0.1, 0.15) is 13.2 Å². The minimum Gasteiger partial charge on any atom is -0.388 e. The SMILES string of the molecule is C[C@H]1O[C@H](n2cc(F)c(=O)[nH]c2=O)[C@@H](O)[C@@H]1O. The third kappa shape index (κ3) is 1.90. The van der Waals surface area contributed by atoms with Crippen molar-refractivity contribution in [3.05, 3.63) is 32.9 Å². The molecular weight excluding hydrogens is 235 g/mol. The van der Waals surface area contributed by atoms with Crippen LogP contribution >= 0.6 is 0 Å². The van der Waals surface area contributed by atoms with Crippen molar-refractivity contribution < 1.29 is 19.3 Å². The van der Waals surface area contributed by atoms with Gasteiger partial charge in [-0.15, -0.1) is 0 Å². The Kier molecular flexibility index (Phi) is 2.86. The van der Waals surface area contributed by atoms with E-state index in [9.17, 15) is 24.2 Å². The first-order valence-electron chi connectivity index (χ1n) is 4.94. The molecule has 0 bridgehead atoms. The fourth-order valence-electron chi connectivity index (χ4n) is 1.71. The van der Waals surface area contributed by atoms with Crippen LogP contribution in [-0.4, -0.2) is 38.1 Å². The van der Waals surface area contributed by atoms with Crippen molar-refractivity contribution in [1.29, 1.82) is 0 Å². The molecule has 4 atom stereocenters. The summed E-state index contributed by atoms with van der Waals surface area (Å²) in [6.45, 7) is 1.50. The number of nitrogens with zero attached hydrogens (tertiary/aromatic N) is 1. The van der Waals surface area contributed by atoms with E-state index >= 15 is 0 Å². The van der Waals surface area contributed by atoms with Gasteiger partial charge in [-0.2, -0.15) is 4.39 Å². The average Bonchev–Trinajstić information content (AvgIpc) is 2.51. The molecule has 0 radical (unpaired) electrons. The summed E-state index contributed by atoms with van der Waals surface area (Å²) in [5.41, 5.74) is -2.06. The smallest absolute Gasteiger partial charge is 0.330 e. The van der Waals surface area contributed by atoms with Crippen LogP contribution in [0.5, 0.6) is 0 Å². The number of aromatic nitrogens is 2. The third-order valence-corrected chi connectivity index (χ3v) is 2.68. The highest BCUT2D eigenvalue weighted by Gasteiger charge is 2.41. The summed E-state index contributed by atoms with van der Waals surface area (Å²) in [7, 11) is 0. The quantitative estimate of drug-likeness (QED) is 0.548. The maximum atomic E-state index is 13.0. The molecule has 17 heavy (non-hydrogen) atoms. The Morgan fingerprint density at radius 1 is 1.41 bits per heavy atom. The first-order chi connectivity index (χ1) is 7.91. The molecule has 7 nitrogen and oxygen atoms in total. The third-order valence-electron chi connectivity index (χ3n) is 2.68. The van der Waals surface area contributed by atoms with Gasteiger partial charge in [0.15, 0.2) is 6.23 Å². The van der Waals surface area contributed by atoms with E-state index in [1.807, 2.05) is 0 Å². The van der Waals surface area contributed by atoms with Crippen LogP contribution in [0.2, 0.25) is 0 Å². The summed E-state index contributed by atoms with van der Waals surface area (Å²) in [6, 6.07) is 0. The molecule has 2 rings (SSSR count). The van der Waals surface area contributed by atoms with Gasteiger partial charge >= 0.3 is 5.69 Å². The highest BCUT2D eigenvalue weighted by atomic mass is 19.1. The second kappa shape index (κ2) is 4.06. The molecule has 8 heteroatoms. The highest BCUT2D eigenvalue weighted by molar-refractivity contribution is 4.93. The number of H-pyrrole nitrogens is 1. The first-order valence-corrected chi connectivity index (χ1v) is 4.94. The van der Waals surface area contributed by atoms with Gasteiger partial charge in [0, 0.05) is 0 Å². The maximum absolute atomic E-state index is 13.0. The van der Waals surface area contributed by atoms with Crippen molar-refractivity contribution in [3.63, 3.8) is 0 Å². The molecule has 1 aromatic heterocycles. The lowest BCUT2D eigenvalue weighted by molar-refractivity contribution is -0.0356. The number of nitrogens with one attached hydrogen (secondary N) is 1. The van der Waals surface area contributed by atoms with E-state index in [0.717, 1.165) is 0 Å². The molecule has 0 unspecified atom stereocenters. The van der Waals surface area contributed by atoms with E-state index < -0.39 is 41.6 Å². The highest BCUT2D eigenvalue weighted by Crippen LogP contribution is 2.27. The molecule has 1 saturated heterocycles. The van der Waals surface area contributed by atoms with Gasteiger partial charge in [0.2, 0.25) is 5.82 Å². The van der Waals surface area contributed by atoms with Gasteiger partial charge < -0.3 is 14.9 Å². The summed E-state index contributed by atoms with van der Waals surface area (Å²) in [4.78, 5) is 24.0. The van der Waals surface area contributed by atoms with E-state index in [0.29, 0.717) is 10.8 Å². The zero-order valence-electron chi connectivity index (χ0n) is 8.83. The Morgan fingerprint density at radius 3 is 2.59 bits per heavy atom. The molecule has 1 fully saturated rings. The van der Waals surface area contributed by atoms with Crippen molar-refractivity contribution in [3.8, 4) is 0 Å². The Bertz CT molecular complexity index is 539. The number of hydrogen-bond acceptors (Lipinski definition) is 5. The predicted octanol–water partition coefficient (Wildman–Crippen LogP) is -1.69. The largest absolute Gasteiger partial charge is 0.388 e. The molecular formula is C9H11FN2O5. The van der Waals surface area contributed by atoms with Crippen molar-refractivity contribution in [1.82, 2.24) is 9.55 Å². The second-order valence-corrected chi connectivity index (χ2v) is 3.86. The Morgan fingerprint density at radius 2 is 2.06 bits per heavy atom. The van der Waals surface area contributed by atoms with Gasteiger partial charge in [0.1, 0.15) is 12.2 Å². The Hall–Kier alpha value is -1.51. The average molecular weight is 246 g/mol. The van der Waals surface area contributed by atoms with Crippen molar-refractivity contribution in [2.24, 2.45) is 0 Å². The van der Waals surface area contributed by atoms with Gasteiger partial charge in [0.25, 0.3) is 5.56 Å². The topological polar surface area (TPSA) is 105 Å². The fraction of sp³-hybridized carbons (Fsp3) is 0.556. The summed E-state index contributed by atoms with van der Waals surface area (Å²) in [6.07, 6.45) is -3.83. The molecule has 0 saturated carbocycles. The first kappa shape index (κ1) is 12.0. The van der Waals surface area contributed by atoms with E-state index in [4.69, 9.17) is 4.74 Å². The standard InChI is InChI=1S/C9H11FN2O5/c1-3-5(13)6(14)8(17-3)12-2-4(10)7(15)11-9(12)16/h2-3,5-6,8,13-14H,1H3,(H,11,15,16)/t3-,5-,6+,8+/m1/s1. The van der Waals surface area contributed by atoms with Crippen LogP contribution < -0.4 is 11.2 Å². The summed E-state index contributed by atoms with van der Waals surface area (Å²) in [5, 5.41) is 19.1. The van der Waals surface area contributed by atoms with Gasteiger partial charge in [-0.3, -0.25) is 14.3 Å². The molecule has 0 spiro atoms. The lowest BCUT2D eigenvalue weighted by Crippen LogP contribution is -2.38. The number of aliphatic hydroxyl groups excluding tert-OH is 2. The van der Waals surface area contributed by atoms with E-state index in [1.165, 1.54) is 6.92 Å². The van der Waals surface area contributed by atoms with Gasteiger partial charge in [0.05, 0.1) is 12.3 Å². The van der Waals surface area contributed by atoms with Gasteiger partial charge in [-0.25, -0.2) is 4.79 Å². The molecule has 1 aromatic rings. The minimum atomic E-state index is -1.37. The minimum absolute atomic E-state index is 0.639. The number of aromatic amines is 1. The van der Waals surface area contributed by atoms with Crippen LogP contribution in [0.15, 0.2) is 15.8 Å². The zero-order valence-corrected chi connectivity index (χ0v) is 8.83. The maximum Gasteiger partial charge on any atom is 0.330 e. The number of rotatable bonds is 1. The second-order valence-electron chi connectivity index (χ2n) is 3.86. The monoisotopic (exact) mass is 246 g/mol. The van der Waals surface area contributed by atoms with Crippen LogP contribution in [0, 0.1) is 5.82 Å². The Balaban J connectivity index is 2.46. The number of aliphatic hydroxyl groups is 2. The number of halogens is 1. The van der Waals surface area contributed by atoms with Crippen molar-refractivity contribution in [2.45, 2.75) is 31.5 Å². The number of ether oxygens (including phenoxy) is 1. The van der Waals surface area contributed by atoms with Crippen LogP contribution in [-0.2, 0) is 4.74 Å². The Labute approximate surface area is 94.1 Å². The van der Waals surface area contributed by atoms with Gasteiger partial charge in [-0.05, 0) is 6.92 Å². The zero-order chi connectivity index (χ0) is 12.7. The van der Waals surface area contributed by atoms with Crippen molar-refractivity contribution in [2.75, 3.05) is 0 Å². The molecule has 1 aliphatic rings. The van der Waals surface area contributed by atoms with Gasteiger partial charge in [-0.1, -0.05) is 0 Å². The predicted molar refractivity (Wildman–Crippen MR) is 52.9 cm³/mol. The molecule has 0 amide bonds. The normalized spacial score (nSPS) is 32.9.